The second-order valence-corrected chi connectivity index (χ2v) is 12.7. The van der Waals surface area contributed by atoms with Gasteiger partial charge in [0, 0.05) is 18.2 Å². The number of hydrogen-bond acceptors (Lipinski definition) is 6. The number of thiazole rings is 1. The molecule has 1 heterocycles. The third-order valence-electron chi connectivity index (χ3n) is 5.25. The summed E-state index contributed by atoms with van der Waals surface area (Å²) in [5.74, 6) is 0.105. The molecule has 182 valence electrons. The Kier molecular flexibility index (Phi) is 8.13. The van der Waals surface area contributed by atoms with Crippen LogP contribution < -0.4 is 10.0 Å². The van der Waals surface area contributed by atoms with Gasteiger partial charge in [-0.3, -0.25) is 4.79 Å². The summed E-state index contributed by atoms with van der Waals surface area (Å²) in [5, 5.41) is 12.9. The predicted octanol–water partition coefficient (Wildman–Crippen LogP) is 4.65. The number of aliphatic hydroxyl groups is 1. The number of nitrogens with zero attached hydrogens (tertiary/aromatic N) is 1. The number of sulfonamides is 1. The van der Waals surface area contributed by atoms with Crippen LogP contribution in [0.3, 0.4) is 0 Å². The Morgan fingerprint density at radius 1 is 1.27 bits per heavy atom. The van der Waals surface area contributed by atoms with Gasteiger partial charge < -0.3 is 10.4 Å². The van der Waals surface area contributed by atoms with E-state index >= 15 is 0 Å². The van der Waals surface area contributed by atoms with Crippen molar-refractivity contribution in [2.24, 2.45) is 5.92 Å². The van der Waals surface area contributed by atoms with Crippen molar-refractivity contribution in [1.82, 2.24) is 15.0 Å². The Morgan fingerprint density at radius 3 is 2.48 bits per heavy atom. The first kappa shape index (κ1) is 26.4. The minimum absolute atomic E-state index is 0.0710. The molecule has 0 atom stereocenters. The highest BCUT2D eigenvalue weighted by atomic mass is 35.5. The van der Waals surface area contributed by atoms with Gasteiger partial charge in [-0.2, -0.15) is 0 Å². The van der Waals surface area contributed by atoms with Crippen LogP contribution in [-0.2, 0) is 16.4 Å². The number of benzene rings is 1. The quantitative estimate of drug-likeness (QED) is 0.434. The van der Waals surface area contributed by atoms with Crippen molar-refractivity contribution in [3.8, 4) is 10.4 Å². The summed E-state index contributed by atoms with van der Waals surface area (Å²) in [6.07, 6.45) is 4.08. The molecule has 0 bridgehead atoms. The van der Waals surface area contributed by atoms with Gasteiger partial charge in [-0.25, -0.2) is 18.1 Å². The third kappa shape index (κ3) is 6.46. The van der Waals surface area contributed by atoms with Gasteiger partial charge in [0.15, 0.2) is 5.01 Å². The minimum Gasteiger partial charge on any atom is -0.389 e. The van der Waals surface area contributed by atoms with E-state index in [1.165, 1.54) is 23.8 Å². The van der Waals surface area contributed by atoms with E-state index in [4.69, 9.17) is 23.2 Å². The van der Waals surface area contributed by atoms with Gasteiger partial charge in [0.2, 0.25) is 10.0 Å². The molecule has 1 aromatic carbocycles. The fourth-order valence-electron chi connectivity index (χ4n) is 3.43. The third-order valence-corrected chi connectivity index (χ3v) is 9.08. The summed E-state index contributed by atoms with van der Waals surface area (Å²) in [7, 11) is -3.83. The van der Waals surface area contributed by atoms with E-state index in [1.807, 2.05) is 0 Å². The molecule has 0 unspecified atom stereocenters. The fraction of sp³-hybridized carbons (Fsp3) is 0.545. The second kappa shape index (κ2) is 10.2. The van der Waals surface area contributed by atoms with Crippen LogP contribution in [0, 0.1) is 5.92 Å². The Hall–Kier alpha value is -1.23. The van der Waals surface area contributed by atoms with Gasteiger partial charge in [-0.1, -0.05) is 48.5 Å². The molecular weight excluding hydrogens is 505 g/mol. The van der Waals surface area contributed by atoms with E-state index in [-0.39, 0.29) is 38.4 Å². The standard InChI is InChI=1S/C22H29Cl2N3O4S2/c1-12(2)27-33(30,31)16-9-8-14(17(23)18(16)24)19-15(10-13-6-5-7-13)26-21(32-19)20(28)25-11-22(3,4)29/h8-9,12-13,27,29H,5-7,10-11H2,1-4H3,(H,25,28). The second-order valence-electron chi connectivity index (χ2n) is 9.31. The lowest BCUT2D eigenvalue weighted by molar-refractivity contribution is 0.0694. The van der Waals surface area contributed by atoms with E-state index in [2.05, 4.69) is 15.0 Å². The Labute approximate surface area is 209 Å². The number of halogens is 2. The summed E-state index contributed by atoms with van der Waals surface area (Å²) in [6, 6.07) is 2.74. The smallest absolute Gasteiger partial charge is 0.280 e. The number of carbonyl (C=O) groups excluding carboxylic acids is 1. The number of amides is 1. The molecule has 3 N–H and O–H groups in total. The lowest BCUT2D eigenvalue weighted by Gasteiger charge is -2.24. The highest BCUT2D eigenvalue weighted by molar-refractivity contribution is 7.89. The van der Waals surface area contributed by atoms with E-state index in [1.54, 1.807) is 33.8 Å². The van der Waals surface area contributed by atoms with Crippen molar-refractivity contribution in [2.45, 2.75) is 69.9 Å². The fourth-order valence-corrected chi connectivity index (χ4v) is 6.64. The van der Waals surface area contributed by atoms with Gasteiger partial charge in [0.05, 0.1) is 26.2 Å². The maximum atomic E-state index is 12.7. The van der Waals surface area contributed by atoms with Crippen LogP contribution in [-0.4, -0.2) is 42.6 Å². The zero-order valence-electron chi connectivity index (χ0n) is 19.0. The van der Waals surface area contributed by atoms with Crippen LogP contribution in [0.15, 0.2) is 17.0 Å². The molecule has 1 aliphatic carbocycles. The van der Waals surface area contributed by atoms with Gasteiger partial charge >= 0.3 is 0 Å². The highest BCUT2D eigenvalue weighted by Crippen LogP contribution is 2.43. The molecule has 0 saturated heterocycles. The lowest BCUT2D eigenvalue weighted by Crippen LogP contribution is -2.38. The van der Waals surface area contributed by atoms with Gasteiger partial charge in [-0.15, -0.1) is 11.3 Å². The van der Waals surface area contributed by atoms with Crippen molar-refractivity contribution in [1.29, 1.82) is 0 Å². The van der Waals surface area contributed by atoms with Gasteiger partial charge in [0.25, 0.3) is 5.91 Å². The molecule has 2 aromatic rings. The van der Waals surface area contributed by atoms with E-state index in [0.717, 1.165) is 18.5 Å². The van der Waals surface area contributed by atoms with Crippen LogP contribution in [0.25, 0.3) is 10.4 Å². The zero-order chi connectivity index (χ0) is 24.6. The van der Waals surface area contributed by atoms with Gasteiger partial charge in [0.1, 0.15) is 4.90 Å². The van der Waals surface area contributed by atoms with Crippen molar-refractivity contribution in [3.05, 3.63) is 32.9 Å². The number of aromatic nitrogens is 1. The Balaban J connectivity index is 2.00. The largest absolute Gasteiger partial charge is 0.389 e. The van der Waals surface area contributed by atoms with Crippen molar-refractivity contribution >= 4 is 50.5 Å². The summed E-state index contributed by atoms with van der Waals surface area (Å²) in [4.78, 5) is 17.9. The number of rotatable bonds is 9. The molecule has 1 fully saturated rings. The summed E-state index contributed by atoms with van der Waals surface area (Å²) in [5.41, 5.74) is 0.234. The molecular formula is C22H29Cl2N3O4S2. The molecule has 1 saturated carbocycles. The molecule has 1 aromatic heterocycles. The van der Waals surface area contributed by atoms with Crippen LogP contribution in [0.5, 0.6) is 0 Å². The first-order valence-corrected chi connectivity index (χ1v) is 13.8. The normalized spacial score (nSPS) is 15.0. The summed E-state index contributed by atoms with van der Waals surface area (Å²) in [6.45, 7) is 6.73. The number of carbonyl (C=O) groups is 1. The predicted molar refractivity (Wildman–Crippen MR) is 133 cm³/mol. The zero-order valence-corrected chi connectivity index (χ0v) is 22.2. The van der Waals surface area contributed by atoms with Crippen molar-refractivity contribution in [3.63, 3.8) is 0 Å². The molecule has 33 heavy (non-hydrogen) atoms. The minimum atomic E-state index is -3.83. The summed E-state index contributed by atoms with van der Waals surface area (Å²) >= 11 is 14.2. The average Bonchev–Trinajstić information content (AvgIpc) is 3.07. The average molecular weight is 535 g/mol. The van der Waals surface area contributed by atoms with Gasteiger partial charge in [-0.05, 0) is 46.1 Å². The van der Waals surface area contributed by atoms with Crippen LogP contribution in [0.2, 0.25) is 10.0 Å². The molecule has 3 rings (SSSR count). The monoisotopic (exact) mass is 533 g/mol. The first-order valence-electron chi connectivity index (χ1n) is 10.8. The number of nitrogens with one attached hydrogen (secondary N) is 2. The summed E-state index contributed by atoms with van der Waals surface area (Å²) < 4.78 is 27.8. The SMILES string of the molecule is CC(C)NS(=O)(=O)c1ccc(-c2sc(C(=O)NCC(C)(C)O)nc2CC2CCC2)c(Cl)c1Cl. The van der Waals surface area contributed by atoms with Crippen molar-refractivity contribution in [2.75, 3.05) is 6.54 Å². The topological polar surface area (TPSA) is 108 Å². The number of hydrogen-bond donors (Lipinski definition) is 3. The molecule has 1 amide bonds. The van der Waals surface area contributed by atoms with E-state index < -0.39 is 15.6 Å². The molecule has 0 aliphatic heterocycles. The Morgan fingerprint density at radius 2 is 1.94 bits per heavy atom. The van der Waals surface area contributed by atoms with E-state index in [0.29, 0.717) is 22.8 Å². The first-order chi connectivity index (χ1) is 15.3. The Bertz CT molecular complexity index is 1140. The van der Waals surface area contributed by atoms with Crippen molar-refractivity contribution < 1.29 is 18.3 Å². The van der Waals surface area contributed by atoms with Crippen LogP contribution in [0.1, 0.15) is 62.5 Å². The van der Waals surface area contributed by atoms with E-state index in [9.17, 15) is 18.3 Å². The van der Waals surface area contributed by atoms with Crippen LogP contribution >= 0.6 is 34.5 Å². The highest BCUT2D eigenvalue weighted by Gasteiger charge is 2.28. The molecule has 11 heteroatoms. The molecule has 7 nitrogen and oxygen atoms in total. The molecule has 0 spiro atoms. The maximum absolute atomic E-state index is 12.7. The maximum Gasteiger partial charge on any atom is 0.280 e. The molecule has 0 radical (unpaired) electrons. The van der Waals surface area contributed by atoms with Crippen LogP contribution in [0.4, 0.5) is 0 Å². The lowest BCUT2D eigenvalue weighted by atomic mass is 9.82. The molecule has 1 aliphatic rings.